The Morgan fingerprint density at radius 3 is 2.72 bits per heavy atom. The van der Waals surface area contributed by atoms with E-state index in [0.29, 0.717) is 38.9 Å². The Hall–Kier alpha value is -1.17. The van der Waals surface area contributed by atoms with Gasteiger partial charge in [0.25, 0.3) is 0 Å². The number of hydrogen-bond acceptors (Lipinski definition) is 5. The highest BCUT2D eigenvalue weighted by atomic mass is 16.5. The number of nitrogens with zero attached hydrogens (tertiary/aromatic N) is 1. The topological polar surface area (TPSA) is 66.6 Å². The summed E-state index contributed by atoms with van der Waals surface area (Å²) in [5, 5.41) is 0. The molecule has 0 aliphatic heterocycles. The second-order valence-electron chi connectivity index (χ2n) is 3.93. The van der Waals surface area contributed by atoms with Crippen LogP contribution in [0.25, 0.3) is 0 Å². The summed E-state index contributed by atoms with van der Waals surface area (Å²) in [5.41, 5.74) is 7.49. The molecule has 0 amide bonds. The number of nitrogens with two attached hydrogens (primary N) is 1. The quantitative estimate of drug-likeness (QED) is 0.672. The highest BCUT2D eigenvalue weighted by molar-refractivity contribution is 5.27. The molecule has 2 N–H and O–H groups in total. The standard InChI is InChI=1S/C13H22N2O3/c1-11-4-5-12(10-14)13(15-11)18-7-3-6-17-9-8-16-2/h4-5H,3,6-10,14H2,1-2H3. The van der Waals surface area contributed by atoms with Crippen molar-refractivity contribution in [2.45, 2.75) is 19.9 Å². The van der Waals surface area contributed by atoms with Crippen LogP contribution in [0.15, 0.2) is 12.1 Å². The molecule has 0 bridgehead atoms. The second kappa shape index (κ2) is 8.85. The van der Waals surface area contributed by atoms with Gasteiger partial charge in [-0.3, -0.25) is 0 Å². The molecule has 0 unspecified atom stereocenters. The van der Waals surface area contributed by atoms with Crippen LogP contribution in [0.1, 0.15) is 17.7 Å². The van der Waals surface area contributed by atoms with Crippen molar-refractivity contribution in [3.8, 4) is 5.88 Å². The zero-order chi connectivity index (χ0) is 13.2. The second-order valence-corrected chi connectivity index (χ2v) is 3.93. The number of aryl methyl sites for hydroxylation is 1. The first kappa shape index (κ1) is 14.9. The summed E-state index contributed by atoms with van der Waals surface area (Å²) in [7, 11) is 1.66. The minimum Gasteiger partial charge on any atom is -0.477 e. The summed E-state index contributed by atoms with van der Waals surface area (Å²) >= 11 is 0. The summed E-state index contributed by atoms with van der Waals surface area (Å²) in [4.78, 5) is 4.33. The van der Waals surface area contributed by atoms with E-state index in [-0.39, 0.29) is 0 Å². The predicted molar refractivity (Wildman–Crippen MR) is 69.7 cm³/mol. The van der Waals surface area contributed by atoms with Crippen LogP contribution >= 0.6 is 0 Å². The third-order valence-electron chi connectivity index (χ3n) is 2.40. The molecular formula is C13H22N2O3. The Morgan fingerprint density at radius 2 is 2.00 bits per heavy atom. The van der Waals surface area contributed by atoms with Gasteiger partial charge < -0.3 is 19.9 Å². The maximum absolute atomic E-state index is 5.63. The Balaban J connectivity index is 2.24. The van der Waals surface area contributed by atoms with Crippen LogP contribution in [-0.2, 0) is 16.0 Å². The van der Waals surface area contributed by atoms with Gasteiger partial charge in [-0.15, -0.1) is 0 Å². The fourth-order valence-corrected chi connectivity index (χ4v) is 1.42. The van der Waals surface area contributed by atoms with Gasteiger partial charge in [-0.2, -0.15) is 0 Å². The Morgan fingerprint density at radius 1 is 1.17 bits per heavy atom. The summed E-state index contributed by atoms with van der Waals surface area (Å²) in [6.07, 6.45) is 0.823. The minimum atomic E-state index is 0.437. The van der Waals surface area contributed by atoms with Crippen LogP contribution < -0.4 is 10.5 Å². The molecule has 18 heavy (non-hydrogen) atoms. The van der Waals surface area contributed by atoms with Gasteiger partial charge in [0.2, 0.25) is 5.88 Å². The van der Waals surface area contributed by atoms with Crippen molar-refractivity contribution in [3.05, 3.63) is 23.4 Å². The molecule has 1 heterocycles. The first-order chi connectivity index (χ1) is 8.77. The van der Waals surface area contributed by atoms with E-state index >= 15 is 0 Å². The van der Waals surface area contributed by atoms with Crippen LogP contribution in [0.2, 0.25) is 0 Å². The summed E-state index contributed by atoms with van der Waals surface area (Å²) in [6.45, 7) is 4.85. The molecule has 0 radical (unpaired) electrons. The van der Waals surface area contributed by atoms with Crippen LogP contribution in [0, 0.1) is 6.92 Å². The molecule has 0 aliphatic carbocycles. The first-order valence-corrected chi connectivity index (χ1v) is 6.14. The highest BCUT2D eigenvalue weighted by Crippen LogP contribution is 2.15. The van der Waals surface area contributed by atoms with Crippen molar-refractivity contribution < 1.29 is 14.2 Å². The van der Waals surface area contributed by atoms with E-state index in [2.05, 4.69) is 4.98 Å². The van der Waals surface area contributed by atoms with E-state index in [4.69, 9.17) is 19.9 Å². The van der Waals surface area contributed by atoms with Gasteiger partial charge in [-0.25, -0.2) is 4.98 Å². The zero-order valence-corrected chi connectivity index (χ0v) is 11.1. The van der Waals surface area contributed by atoms with Crippen molar-refractivity contribution in [1.82, 2.24) is 4.98 Å². The summed E-state index contributed by atoms with van der Waals surface area (Å²) in [5.74, 6) is 0.634. The first-order valence-electron chi connectivity index (χ1n) is 6.14. The molecule has 5 heteroatoms. The van der Waals surface area contributed by atoms with E-state index in [1.165, 1.54) is 0 Å². The SMILES string of the molecule is COCCOCCCOc1nc(C)ccc1CN. The molecule has 1 aromatic heterocycles. The number of rotatable bonds is 9. The Kier molecular flexibility index (Phi) is 7.32. The van der Waals surface area contributed by atoms with E-state index in [0.717, 1.165) is 17.7 Å². The molecule has 0 atom stereocenters. The Bertz CT molecular complexity index is 345. The molecule has 0 aromatic carbocycles. The lowest BCUT2D eigenvalue weighted by molar-refractivity contribution is 0.0641. The molecule has 0 aliphatic rings. The largest absolute Gasteiger partial charge is 0.477 e. The van der Waals surface area contributed by atoms with Gasteiger partial charge in [0.15, 0.2) is 0 Å². The zero-order valence-electron chi connectivity index (χ0n) is 11.1. The third kappa shape index (κ3) is 5.44. The average Bonchev–Trinajstić information content (AvgIpc) is 2.38. The predicted octanol–water partition coefficient (Wildman–Crippen LogP) is 1.28. The highest BCUT2D eigenvalue weighted by Gasteiger charge is 2.04. The van der Waals surface area contributed by atoms with Crippen molar-refractivity contribution in [1.29, 1.82) is 0 Å². The molecule has 0 fully saturated rings. The molecule has 1 rings (SSSR count). The molecule has 0 saturated heterocycles. The van der Waals surface area contributed by atoms with Crippen molar-refractivity contribution in [2.75, 3.05) is 33.5 Å². The lowest BCUT2D eigenvalue weighted by Crippen LogP contribution is -2.09. The van der Waals surface area contributed by atoms with Gasteiger partial charge in [-0.05, 0) is 13.0 Å². The maximum Gasteiger partial charge on any atom is 0.218 e. The average molecular weight is 254 g/mol. The van der Waals surface area contributed by atoms with Gasteiger partial charge in [-0.1, -0.05) is 6.07 Å². The van der Waals surface area contributed by atoms with Crippen molar-refractivity contribution in [3.63, 3.8) is 0 Å². The number of pyridine rings is 1. The monoisotopic (exact) mass is 254 g/mol. The fraction of sp³-hybridized carbons (Fsp3) is 0.615. The number of methoxy groups -OCH3 is 1. The van der Waals surface area contributed by atoms with Crippen LogP contribution in [0.4, 0.5) is 0 Å². The van der Waals surface area contributed by atoms with Crippen molar-refractivity contribution >= 4 is 0 Å². The van der Waals surface area contributed by atoms with E-state index < -0.39 is 0 Å². The lowest BCUT2D eigenvalue weighted by atomic mass is 10.2. The Labute approximate surface area is 108 Å². The third-order valence-corrected chi connectivity index (χ3v) is 2.40. The summed E-state index contributed by atoms with van der Waals surface area (Å²) < 4.78 is 15.8. The smallest absolute Gasteiger partial charge is 0.218 e. The van der Waals surface area contributed by atoms with Crippen molar-refractivity contribution in [2.24, 2.45) is 5.73 Å². The molecule has 0 saturated carbocycles. The van der Waals surface area contributed by atoms with Crippen LogP contribution in [0.3, 0.4) is 0 Å². The molecular weight excluding hydrogens is 232 g/mol. The molecule has 102 valence electrons. The summed E-state index contributed by atoms with van der Waals surface area (Å²) in [6, 6.07) is 3.88. The molecule has 1 aromatic rings. The van der Waals surface area contributed by atoms with Gasteiger partial charge in [0.05, 0.1) is 19.8 Å². The number of hydrogen-bond donors (Lipinski definition) is 1. The van der Waals surface area contributed by atoms with E-state index in [1.807, 2.05) is 19.1 Å². The maximum atomic E-state index is 5.63. The van der Waals surface area contributed by atoms with Gasteiger partial charge in [0.1, 0.15) is 0 Å². The molecule has 0 spiro atoms. The van der Waals surface area contributed by atoms with Gasteiger partial charge >= 0.3 is 0 Å². The van der Waals surface area contributed by atoms with Gasteiger partial charge in [0, 0.05) is 37.9 Å². The minimum absolute atomic E-state index is 0.437. The normalized spacial score (nSPS) is 10.6. The fourth-order valence-electron chi connectivity index (χ4n) is 1.42. The van der Waals surface area contributed by atoms with E-state index in [1.54, 1.807) is 7.11 Å². The van der Waals surface area contributed by atoms with E-state index in [9.17, 15) is 0 Å². The lowest BCUT2D eigenvalue weighted by Gasteiger charge is -2.10. The number of aromatic nitrogens is 1. The van der Waals surface area contributed by atoms with Crippen LogP contribution in [-0.4, -0.2) is 38.5 Å². The molecule has 5 nitrogen and oxygen atoms in total. The van der Waals surface area contributed by atoms with Crippen LogP contribution in [0.5, 0.6) is 5.88 Å². The number of ether oxygens (including phenoxy) is 3.